The van der Waals surface area contributed by atoms with Crippen molar-refractivity contribution >= 4 is 39.2 Å². The van der Waals surface area contributed by atoms with Gasteiger partial charge in [-0.2, -0.15) is 12.8 Å². The summed E-state index contributed by atoms with van der Waals surface area (Å²) in [5.41, 5.74) is 1.33. The molecule has 1 N–H and O–H groups in total. The predicted octanol–water partition coefficient (Wildman–Crippen LogP) is 5.32. The van der Waals surface area contributed by atoms with Gasteiger partial charge in [0.25, 0.3) is 10.0 Å². The number of rotatable bonds is 5. The van der Waals surface area contributed by atoms with Crippen LogP contribution >= 0.6 is 11.6 Å². The van der Waals surface area contributed by atoms with Gasteiger partial charge in [0.05, 0.1) is 41.6 Å². The topological polar surface area (TPSA) is 97.7 Å². The minimum Gasteiger partial charge on any atom is -0.453 e. The third kappa shape index (κ3) is 5.44. The van der Waals surface area contributed by atoms with E-state index in [9.17, 15) is 26.7 Å². The molecule has 200 valence electrons. The average Bonchev–Trinajstić information content (AvgIpc) is 2.86. The molecular weight excluding hydrogens is 549 g/mol. The van der Waals surface area contributed by atoms with E-state index in [0.29, 0.717) is 27.9 Å². The fourth-order valence-electron chi connectivity index (χ4n) is 4.32. The van der Waals surface area contributed by atoms with Gasteiger partial charge in [0, 0.05) is 23.2 Å². The average molecular weight is 569 g/mol. The Balaban J connectivity index is 1.39. The number of ether oxygens (including phenoxy) is 3. The molecule has 5 rings (SSSR count). The molecule has 13 heteroatoms. The third-order valence-electron chi connectivity index (χ3n) is 6.04. The van der Waals surface area contributed by atoms with E-state index in [1.54, 1.807) is 24.3 Å². The lowest BCUT2D eigenvalue weighted by Crippen LogP contribution is -2.53. The van der Waals surface area contributed by atoms with Crippen LogP contribution in [0.3, 0.4) is 0 Å². The van der Waals surface area contributed by atoms with Gasteiger partial charge < -0.3 is 24.2 Å². The van der Waals surface area contributed by atoms with Crippen LogP contribution in [0.1, 0.15) is 0 Å². The van der Waals surface area contributed by atoms with E-state index < -0.39 is 40.2 Å². The maximum atomic E-state index is 12.7. The van der Waals surface area contributed by atoms with Crippen LogP contribution in [-0.2, 0) is 14.8 Å². The van der Waals surface area contributed by atoms with Crippen molar-refractivity contribution in [2.75, 3.05) is 18.1 Å². The van der Waals surface area contributed by atoms with Crippen LogP contribution in [0, 0.1) is 5.92 Å². The van der Waals surface area contributed by atoms with Crippen LogP contribution < -0.4 is 14.4 Å². The fraction of sp³-hybridized carbons (Fsp3) is 0.240. The van der Waals surface area contributed by atoms with Gasteiger partial charge >= 0.3 is 6.36 Å². The minimum absolute atomic E-state index is 0.00844. The summed E-state index contributed by atoms with van der Waals surface area (Å²) in [6, 6.07) is 15.4. The Hall–Kier alpha value is -3.32. The molecule has 2 heterocycles. The second-order valence-corrected chi connectivity index (χ2v) is 10.6. The normalized spacial score (nSPS) is 21.5. The number of benzene rings is 3. The number of anilines is 2. The Labute approximate surface area is 220 Å². The van der Waals surface area contributed by atoms with Crippen molar-refractivity contribution in [3.63, 3.8) is 0 Å². The Kier molecular flexibility index (Phi) is 6.99. The summed E-state index contributed by atoms with van der Waals surface area (Å²) in [4.78, 5) is 1.53. The molecule has 3 aromatic rings. The molecule has 2 aliphatic rings. The molecule has 0 radical (unpaired) electrons. The quantitative estimate of drug-likeness (QED) is 0.416. The number of halogens is 4. The van der Waals surface area contributed by atoms with Gasteiger partial charge in [-0.05, 0) is 48.5 Å². The lowest BCUT2D eigenvalue weighted by atomic mass is 9.93. The Morgan fingerprint density at radius 1 is 1.03 bits per heavy atom. The summed E-state index contributed by atoms with van der Waals surface area (Å²) in [7, 11) is -4.27. The number of aliphatic hydroxyl groups excluding tert-OH is 1. The van der Waals surface area contributed by atoms with Crippen LogP contribution in [0.15, 0.2) is 76.0 Å². The molecule has 0 aromatic heterocycles. The van der Waals surface area contributed by atoms with Crippen molar-refractivity contribution in [3.05, 3.63) is 71.8 Å². The number of aliphatic hydroxyl groups is 1. The first-order chi connectivity index (χ1) is 18.0. The number of hydrogen-bond donors (Lipinski definition) is 1. The fourth-order valence-corrected chi connectivity index (χ4v) is 5.40. The second-order valence-electron chi connectivity index (χ2n) is 8.56. The van der Waals surface area contributed by atoms with Crippen LogP contribution in [0.2, 0.25) is 5.02 Å². The molecule has 0 saturated carbocycles. The molecule has 8 nitrogen and oxygen atoms in total. The summed E-state index contributed by atoms with van der Waals surface area (Å²) >= 11 is 6.16. The molecule has 1 fully saturated rings. The maximum absolute atomic E-state index is 12.7. The van der Waals surface area contributed by atoms with Gasteiger partial charge in [-0.1, -0.05) is 23.7 Å². The van der Waals surface area contributed by atoms with E-state index in [2.05, 4.69) is 9.13 Å². The van der Waals surface area contributed by atoms with E-state index in [-0.39, 0.29) is 18.1 Å². The number of sulfonamides is 1. The van der Waals surface area contributed by atoms with Gasteiger partial charge in [0.1, 0.15) is 5.75 Å². The number of nitrogens with zero attached hydrogens (tertiary/aromatic N) is 2. The Morgan fingerprint density at radius 2 is 1.74 bits per heavy atom. The monoisotopic (exact) mass is 568 g/mol. The van der Waals surface area contributed by atoms with Crippen molar-refractivity contribution in [1.29, 1.82) is 0 Å². The SMILES string of the molecule is O=S(=O)(N=CC1COC[C@H](N2c3ccccc3Oc3cc(Cl)ccc32)[C@H]1O)c1ccc(OC(F)(F)F)cc1. The highest BCUT2D eigenvalue weighted by atomic mass is 35.5. The molecule has 38 heavy (non-hydrogen) atoms. The molecule has 3 aromatic carbocycles. The molecule has 0 bridgehead atoms. The van der Waals surface area contributed by atoms with Crippen molar-refractivity contribution in [2.45, 2.75) is 23.4 Å². The summed E-state index contributed by atoms with van der Waals surface area (Å²) < 4.78 is 81.7. The van der Waals surface area contributed by atoms with Gasteiger partial charge in [-0.25, -0.2) is 0 Å². The van der Waals surface area contributed by atoms with Gasteiger partial charge in [-0.3, -0.25) is 0 Å². The van der Waals surface area contributed by atoms with E-state index in [0.717, 1.165) is 30.5 Å². The lowest BCUT2D eigenvalue weighted by Gasteiger charge is -2.43. The van der Waals surface area contributed by atoms with Crippen molar-refractivity contribution < 1.29 is 40.9 Å². The van der Waals surface area contributed by atoms with E-state index >= 15 is 0 Å². The first kappa shape index (κ1) is 26.3. The Morgan fingerprint density at radius 3 is 2.47 bits per heavy atom. The van der Waals surface area contributed by atoms with Crippen molar-refractivity contribution in [3.8, 4) is 17.2 Å². The van der Waals surface area contributed by atoms with Gasteiger partial charge in [0.2, 0.25) is 0 Å². The van der Waals surface area contributed by atoms with E-state index in [4.69, 9.17) is 21.1 Å². The molecule has 0 spiro atoms. The van der Waals surface area contributed by atoms with Crippen molar-refractivity contribution in [1.82, 2.24) is 0 Å². The minimum atomic E-state index is -4.90. The first-order valence-corrected chi connectivity index (χ1v) is 13.1. The van der Waals surface area contributed by atoms with Crippen LogP contribution in [-0.4, -0.2) is 51.5 Å². The first-order valence-electron chi connectivity index (χ1n) is 11.3. The molecule has 2 aliphatic heterocycles. The predicted molar refractivity (Wildman–Crippen MR) is 133 cm³/mol. The largest absolute Gasteiger partial charge is 0.573 e. The lowest BCUT2D eigenvalue weighted by molar-refractivity contribution is -0.274. The molecule has 1 saturated heterocycles. The molecule has 3 atom stereocenters. The number of alkyl halides is 3. The summed E-state index contributed by atoms with van der Waals surface area (Å²) in [6.07, 6.45) is -4.92. The molecule has 1 unspecified atom stereocenters. The summed E-state index contributed by atoms with van der Waals surface area (Å²) in [5, 5.41) is 11.8. The standard InChI is InChI=1S/C25H20ClF3N2O6S/c26-16-5-10-20-23(11-16)36-22-4-2-1-3-19(22)31(20)21-14-35-13-15(24(21)32)12-30-38(33,34)18-8-6-17(7-9-18)37-25(27,28)29/h1-12,15,21,24,32H,13-14H2/t15?,21-,24-/m0/s1. The maximum Gasteiger partial charge on any atom is 0.573 e. The number of hydrogen-bond acceptors (Lipinski definition) is 7. The highest BCUT2D eigenvalue weighted by molar-refractivity contribution is 7.90. The second kappa shape index (κ2) is 10.1. The zero-order valence-corrected chi connectivity index (χ0v) is 20.9. The zero-order valence-electron chi connectivity index (χ0n) is 19.4. The highest BCUT2D eigenvalue weighted by Crippen LogP contribution is 2.49. The zero-order chi connectivity index (χ0) is 27.1. The van der Waals surface area contributed by atoms with Gasteiger partial charge in [0.15, 0.2) is 11.5 Å². The molecule has 0 aliphatic carbocycles. The number of para-hydroxylation sites is 2. The number of fused-ring (bicyclic) bond motifs is 2. The highest BCUT2D eigenvalue weighted by Gasteiger charge is 2.40. The third-order valence-corrected chi connectivity index (χ3v) is 7.54. The van der Waals surface area contributed by atoms with Crippen LogP contribution in [0.5, 0.6) is 17.2 Å². The van der Waals surface area contributed by atoms with Crippen molar-refractivity contribution in [2.24, 2.45) is 10.3 Å². The molecule has 0 amide bonds. The smallest absolute Gasteiger partial charge is 0.453 e. The van der Waals surface area contributed by atoms with Crippen LogP contribution in [0.25, 0.3) is 0 Å². The van der Waals surface area contributed by atoms with E-state index in [1.807, 2.05) is 23.1 Å². The summed E-state index contributed by atoms with van der Waals surface area (Å²) in [6.45, 7) is 0.143. The van der Waals surface area contributed by atoms with Gasteiger partial charge in [-0.15, -0.1) is 13.2 Å². The molecular formula is C25H20ClF3N2O6S. The van der Waals surface area contributed by atoms with Crippen LogP contribution in [0.4, 0.5) is 24.5 Å². The Bertz CT molecular complexity index is 1470. The summed E-state index contributed by atoms with van der Waals surface area (Å²) in [5.74, 6) is -0.334. The van der Waals surface area contributed by atoms with E-state index in [1.165, 1.54) is 0 Å².